The summed E-state index contributed by atoms with van der Waals surface area (Å²) in [4.78, 5) is 25.0. The van der Waals surface area contributed by atoms with Crippen molar-refractivity contribution in [2.75, 3.05) is 40.3 Å². The molecule has 0 bridgehead atoms. The van der Waals surface area contributed by atoms with Gasteiger partial charge in [0.2, 0.25) is 5.88 Å². The number of hydrazine groups is 1. The molecular weight excluding hydrogens is 458 g/mol. The summed E-state index contributed by atoms with van der Waals surface area (Å²) in [5.74, 6) is 5.70. The molecule has 7 N–H and O–H groups in total. The van der Waals surface area contributed by atoms with Gasteiger partial charge in [0.15, 0.2) is 6.61 Å². The highest BCUT2D eigenvalue weighted by atomic mass is 19.3. The Balaban J connectivity index is 1.82. The number of hydrogen-bond acceptors (Lipinski definition) is 8. The van der Waals surface area contributed by atoms with E-state index >= 15 is 0 Å². The second-order valence-corrected chi connectivity index (χ2v) is 7.65. The van der Waals surface area contributed by atoms with Crippen molar-refractivity contribution in [2.24, 2.45) is 10.8 Å². The van der Waals surface area contributed by atoms with Crippen LogP contribution in [0.2, 0.25) is 0 Å². The molecule has 0 radical (unpaired) electrons. The molecule has 2 aromatic carbocycles. The highest BCUT2D eigenvalue weighted by Crippen LogP contribution is 2.38. The highest BCUT2D eigenvalue weighted by molar-refractivity contribution is 6.11. The van der Waals surface area contributed by atoms with Gasteiger partial charge in [-0.2, -0.15) is 4.98 Å². The molecule has 2 amide bonds. The summed E-state index contributed by atoms with van der Waals surface area (Å²) in [6.07, 6.45) is -1.06. The van der Waals surface area contributed by atoms with Gasteiger partial charge in [-0.1, -0.05) is 0 Å². The smallest absolute Gasteiger partial charge is 0.335 e. The van der Waals surface area contributed by atoms with Crippen molar-refractivity contribution in [3.8, 4) is 5.88 Å². The Hall–Kier alpha value is -4.45. The number of nitrogens with one attached hydrogen (secondary N) is 1. The molecule has 0 saturated heterocycles. The van der Waals surface area contributed by atoms with E-state index in [1.54, 1.807) is 60.6 Å². The topological polar surface area (TPSA) is 148 Å². The quantitative estimate of drug-likeness (QED) is 0.174. The lowest BCUT2D eigenvalue weighted by Crippen LogP contribution is -2.45. The molecule has 4 rings (SSSR count). The number of carbonyl (C=O) groups is 1. The first-order chi connectivity index (χ1) is 16.8. The average molecular weight is 482 g/mol. The third kappa shape index (κ3) is 4.77. The van der Waals surface area contributed by atoms with Gasteiger partial charge < -0.3 is 21.6 Å². The molecule has 0 fully saturated rings. The Morgan fingerprint density at radius 2 is 1.91 bits per heavy atom. The number of nitrogen functional groups attached to an aromatic ring is 3. The van der Waals surface area contributed by atoms with Crippen molar-refractivity contribution < 1.29 is 18.3 Å². The van der Waals surface area contributed by atoms with Crippen LogP contribution in [-0.2, 0) is 6.54 Å². The molecule has 1 aliphatic rings. The minimum absolute atomic E-state index is 0.0301. The van der Waals surface area contributed by atoms with Crippen LogP contribution in [-0.4, -0.2) is 37.3 Å². The van der Waals surface area contributed by atoms with Gasteiger partial charge in [0.1, 0.15) is 5.82 Å². The molecule has 182 valence electrons. The van der Waals surface area contributed by atoms with Crippen molar-refractivity contribution in [1.82, 2.24) is 4.98 Å². The molecule has 0 saturated carbocycles. The lowest BCUT2D eigenvalue weighted by molar-refractivity contribution is 0.0796. The fourth-order valence-corrected chi connectivity index (χ4v) is 3.69. The van der Waals surface area contributed by atoms with Crippen LogP contribution >= 0.6 is 0 Å². The Morgan fingerprint density at radius 3 is 2.60 bits per heavy atom. The monoisotopic (exact) mass is 482 g/mol. The SMILES string of the molecule is CN=Cc1cc(N2Cc3ccc(OCC(F)F)nc3N(c3ccc(NN)c(N)c3)C2=O)ccc1N. The molecule has 3 aromatic rings. The molecule has 0 aliphatic carbocycles. The maximum atomic E-state index is 13.8. The number of hydrogen-bond donors (Lipinski definition) is 4. The second-order valence-electron chi connectivity index (χ2n) is 7.65. The summed E-state index contributed by atoms with van der Waals surface area (Å²) in [5.41, 5.74) is 18.2. The summed E-state index contributed by atoms with van der Waals surface area (Å²) in [6.45, 7) is -0.639. The first-order valence-corrected chi connectivity index (χ1v) is 10.5. The number of fused-ring (bicyclic) bond motifs is 1. The normalized spacial score (nSPS) is 13.5. The van der Waals surface area contributed by atoms with Crippen LogP contribution in [0.5, 0.6) is 5.88 Å². The zero-order valence-corrected chi connectivity index (χ0v) is 18.8. The predicted octanol–water partition coefficient (Wildman–Crippen LogP) is 3.50. The Kier molecular flexibility index (Phi) is 6.64. The molecule has 0 unspecified atom stereocenters. The van der Waals surface area contributed by atoms with Crippen molar-refractivity contribution in [2.45, 2.75) is 13.0 Å². The van der Waals surface area contributed by atoms with Gasteiger partial charge in [-0.05, 0) is 42.5 Å². The van der Waals surface area contributed by atoms with E-state index in [1.807, 2.05) is 0 Å². The van der Waals surface area contributed by atoms with E-state index in [4.69, 9.17) is 22.0 Å². The van der Waals surface area contributed by atoms with Gasteiger partial charge in [-0.3, -0.25) is 15.7 Å². The Bertz CT molecular complexity index is 1280. The fourth-order valence-electron chi connectivity index (χ4n) is 3.69. The van der Waals surface area contributed by atoms with Gasteiger partial charge in [-0.25, -0.2) is 18.5 Å². The van der Waals surface area contributed by atoms with Gasteiger partial charge in [0, 0.05) is 41.8 Å². The number of halogens is 2. The van der Waals surface area contributed by atoms with E-state index in [-0.39, 0.29) is 18.2 Å². The number of nitrogens with two attached hydrogens (primary N) is 3. The van der Waals surface area contributed by atoms with E-state index in [2.05, 4.69) is 15.4 Å². The van der Waals surface area contributed by atoms with Crippen molar-refractivity contribution in [1.29, 1.82) is 0 Å². The molecular formula is C23H24F2N8O2. The van der Waals surface area contributed by atoms with Gasteiger partial charge >= 0.3 is 6.03 Å². The van der Waals surface area contributed by atoms with Gasteiger partial charge in [0.05, 0.1) is 23.6 Å². The minimum atomic E-state index is -2.66. The number of rotatable bonds is 7. The third-order valence-electron chi connectivity index (χ3n) is 5.35. The number of aromatic nitrogens is 1. The van der Waals surface area contributed by atoms with Gasteiger partial charge in [-0.15, -0.1) is 0 Å². The van der Waals surface area contributed by atoms with Crippen LogP contribution in [0.1, 0.15) is 11.1 Å². The minimum Gasteiger partial charge on any atom is -0.472 e. The van der Waals surface area contributed by atoms with Crippen molar-refractivity contribution in [3.63, 3.8) is 0 Å². The van der Waals surface area contributed by atoms with E-state index in [9.17, 15) is 13.6 Å². The first-order valence-electron chi connectivity index (χ1n) is 10.5. The van der Waals surface area contributed by atoms with Crippen molar-refractivity contribution >= 4 is 46.5 Å². The molecule has 1 aromatic heterocycles. The number of aliphatic imine (C=N–C) groups is 1. The van der Waals surface area contributed by atoms with Crippen molar-refractivity contribution in [3.05, 3.63) is 59.7 Å². The second kappa shape index (κ2) is 9.81. The fraction of sp³-hybridized carbons (Fsp3) is 0.174. The standard InChI is InChI=1S/C23H24F2N8O2/c1-29-10-14-8-15(3-5-17(14)26)32-11-13-2-7-21(35-12-20(24)25)30-22(13)33(23(32)34)16-4-6-19(31-28)18(27)9-16/h2-10,20,31H,11-12,26-28H2,1H3. The largest absolute Gasteiger partial charge is 0.472 e. The lowest BCUT2D eigenvalue weighted by Gasteiger charge is -2.36. The van der Waals surface area contributed by atoms with Crippen LogP contribution in [0.4, 0.5) is 47.8 Å². The third-order valence-corrected chi connectivity index (χ3v) is 5.35. The highest BCUT2D eigenvalue weighted by Gasteiger charge is 2.34. The zero-order valence-electron chi connectivity index (χ0n) is 18.8. The summed E-state index contributed by atoms with van der Waals surface area (Å²) in [7, 11) is 1.62. The molecule has 0 atom stereocenters. The molecule has 12 heteroatoms. The maximum Gasteiger partial charge on any atom is 0.335 e. The number of amides is 2. The van der Waals surface area contributed by atoms with Crippen LogP contribution in [0.25, 0.3) is 0 Å². The molecule has 2 heterocycles. The number of urea groups is 1. The molecule has 0 spiro atoms. The lowest BCUT2D eigenvalue weighted by atomic mass is 10.1. The maximum absolute atomic E-state index is 13.8. The predicted molar refractivity (Wildman–Crippen MR) is 132 cm³/mol. The van der Waals surface area contributed by atoms with E-state index in [0.717, 1.165) is 0 Å². The number of ether oxygens (including phenoxy) is 1. The summed E-state index contributed by atoms with van der Waals surface area (Å²) in [6, 6.07) is 12.7. The number of pyridine rings is 1. The summed E-state index contributed by atoms with van der Waals surface area (Å²) in [5, 5.41) is 0. The van der Waals surface area contributed by atoms with Crippen LogP contribution < -0.4 is 37.3 Å². The number of alkyl halides is 2. The van der Waals surface area contributed by atoms with Gasteiger partial charge in [0.25, 0.3) is 6.43 Å². The number of nitrogens with zero attached hydrogens (tertiary/aromatic N) is 4. The Labute approximate surface area is 200 Å². The van der Waals surface area contributed by atoms with E-state index in [0.29, 0.717) is 39.6 Å². The van der Waals surface area contributed by atoms with Crippen LogP contribution in [0.3, 0.4) is 0 Å². The van der Waals surface area contributed by atoms with Crippen LogP contribution in [0.15, 0.2) is 53.5 Å². The summed E-state index contributed by atoms with van der Waals surface area (Å²) < 4.78 is 30.4. The zero-order chi connectivity index (χ0) is 25.1. The number of anilines is 6. The molecule has 1 aliphatic heterocycles. The van der Waals surface area contributed by atoms with Crippen LogP contribution in [0, 0.1) is 0 Å². The molecule has 35 heavy (non-hydrogen) atoms. The first kappa shape index (κ1) is 23.7. The molecule has 10 nitrogen and oxygen atoms in total. The average Bonchev–Trinajstić information content (AvgIpc) is 2.84. The van der Waals surface area contributed by atoms with E-state index < -0.39 is 19.1 Å². The van der Waals surface area contributed by atoms with E-state index in [1.165, 1.54) is 11.0 Å². The number of carbonyl (C=O) groups excluding carboxylic acids is 1. The Morgan fingerprint density at radius 1 is 1.14 bits per heavy atom. The number of benzene rings is 2. The summed E-state index contributed by atoms with van der Waals surface area (Å²) >= 11 is 0.